The van der Waals surface area contributed by atoms with Crippen molar-refractivity contribution in [2.24, 2.45) is 0 Å². The fourth-order valence-corrected chi connectivity index (χ4v) is 2.67. The molecule has 0 radical (unpaired) electrons. The van der Waals surface area contributed by atoms with E-state index in [0.29, 0.717) is 6.04 Å². The number of piperidine rings is 1. The number of halogens is 1. The highest BCUT2D eigenvalue weighted by atomic mass is 35.5. The van der Waals surface area contributed by atoms with E-state index < -0.39 is 0 Å². The Balaban J connectivity index is 1.71. The van der Waals surface area contributed by atoms with Gasteiger partial charge in [-0.25, -0.2) is 0 Å². The number of nitrogens with zero attached hydrogens (tertiary/aromatic N) is 1. The van der Waals surface area contributed by atoms with E-state index in [-0.39, 0.29) is 0 Å². The van der Waals surface area contributed by atoms with Crippen molar-refractivity contribution in [2.75, 3.05) is 19.6 Å². The zero-order valence-electron chi connectivity index (χ0n) is 11.7. The summed E-state index contributed by atoms with van der Waals surface area (Å²) < 4.78 is 0. The minimum Gasteiger partial charge on any atom is -0.310 e. The van der Waals surface area contributed by atoms with Crippen LogP contribution in [0.25, 0.3) is 0 Å². The Kier molecular flexibility index (Phi) is 5.44. The lowest BCUT2D eigenvalue weighted by molar-refractivity contribution is 0.211. The molecule has 1 aromatic carbocycles. The highest BCUT2D eigenvalue weighted by Crippen LogP contribution is 2.13. The highest BCUT2D eigenvalue weighted by molar-refractivity contribution is 6.30. The number of hydrogen-bond donors (Lipinski definition) is 1. The third-order valence-electron chi connectivity index (χ3n) is 3.59. The normalized spacial score (nSPS) is 17.6. The maximum atomic E-state index is 5.89. The van der Waals surface area contributed by atoms with E-state index in [2.05, 4.69) is 35.9 Å². The third kappa shape index (κ3) is 4.98. The second-order valence-electron chi connectivity index (χ2n) is 5.51. The topological polar surface area (TPSA) is 15.3 Å². The Morgan fingerprint density at radius 2 is 1.95 bits per heavy atom. The maximum Gasteiger partial charge on any atom is 0.0406 e. The first-order valence-electron chi connectivity index (χ1n) is 6.98. The van der Waals surface area contributed by atoms with Crippen LogP contribution >= 0.6 is 11.6 Å². The van der Waals surface area contributed by atoms with E-state index in [0.717, 1.165) is 18.1 Å². The molecule has 1 N–H and O–H groups in total. The SMILES string of the molecule is C=C(C)CN1CCC(NCc2ccc(Cl)cc2)CC1. The van der Waals surface area contributed by atoms with Gasteiger partial charge in [0.25, 0.3) is 0 Å². The predicted molar refractivity (Wildman–Crippen MR) is 82.6 cm³/mol. The van der Waals surface area contributed by atoms with Crippen molar-refractivity contribution >= 4 is 11.6 Å². The summed E-state index contributed by atoms with van der Waals surface area (Å²) >= 11 is 5.89. The molecule has 0 aromatic heterocycles. The maximum absolute atomic E-state index is 5.89. The smallest absolute Gasteiger partial charge is 0.0406 e. The Morgan fingerprint density at radius 1 is 1.32 bits per heavy atom. The molecule has 0 saturated carbocycles. The first-order chi connectivity index (χ1) is 9.13. The molecule has 1 aromatic rings. The fraction of sp³-hybridized carbons (Fsp3) is 0.500. The summed E-state index contributed by atoms with van der Waals surface area (Å²) in [6.45, 7) is 10.4. The van der Waals surface area contributed by atoms with Crippen molar-refractivity contribution in [1.82, 2.24) is 10.2 Å². The van der Waals surface area contributed by atoms with Gasteiger partial charge in [0.05, 0.1) is 0 Å². The molecule has 1 fully saturated rings. The molecule has 19 heavy (non-hydrogen) atoms. The van der Waals surface area contributed by atoms with E-state index in [1.54, 1.807) is 0 Å². The third-order valence-corrected chi connectivity index (χ3v) is 3.84. The molecule has 1 saturated heterocycles. The van der Waals surface area contributed by atoms with E-state index in [1.807, 2.05) is 12.1 Å². The lowest BCUT2D eigenvalue weighted by Crippen LogP contribution is -2.42. The van der Waals surface area contributed by atoms with Crippen LogP contribution in [0.15, 0.2) is 36.4 Å². The van der Waals surface area contributed by atoms with Gasteiger partial charge in [-0.1, -0.05) is 35.9 Å². The quantitative estimate of drug-likeness (QED) is 0.830. The largest absolute Gasteiger partial charge is 0.310 e. The van der Waals surface area contributed by atoms with Gasteiger partial charge in [0.1, 0.15) is 0 Å². The van der Waals surface area contributed by atoms with Crippen LogP contribution in [0, 0.1) is 0 Å². The van der Waals surface area contributed by atoms with Crippen LogP contribution < -0.4 is 5.32 Å². The van der Waals surface area contributed by atoms with Gasteiger partial charge in [-0.3, -0.25) is 4.90 Å². The van der Waals surface area contributed by atoms with Gasteiger partial charge in [0.2, 0.25) is 0 Å². The fourth-order valence-electron chi connectivity index (χ4n) is 2.54. The summed E-state index contributed by atoms with van der Waals surface area (Å²) in [4.78, 5) is 2.49. The zero-order valence-corrected chi connectivity index (χ0v) is 12.4. The van der Waals surface area contributed by atoms with Gasteiger partial charge in [-0.2, -0.15) is 0 Å². The van der Waals surface area contributed by atoms with Gasteiger partial charge in [0.15, 0.2) is 0 Å². The Bertz CT molecular complexity index is 405. The molecule has 2 rings (SSSR count). The molecular formula is C16H23ClN2. The van der Waals surface area contributed by atoms with Gasteiger partial charge >= 0.3 is 0 Å². The van der Waals surface area contributed by atoms with Gasteiger partial charge in [-0.05, 0) is 50.6 Å². The zero-order chi connectivity index (χ0) is 13.7. The van der Waals surface area contributed by atoms with Crippen LogP contribution in [0.4, 0.5) is 0 Å². The molecule has 1 heterocycles. The average molecular weight is 279 g/mol. The first kappa shape index (κ1) is 14.6. The number of nitrogens with one attached hydrogen (secondary N) is 1. The molecule has 104 valence electrons. The standard InChI is InChI=1S/C16H23ClN2/c1-13(2)12-19-9-7-16(8-10-19)18-11-14-3-5-15(17)6-4-14/h3-6,16,18H,1,7-12H2,2H3. The van der Waals surface area contributed by atoms with E-state index in [1.165, 1.54) is 37.1 Å². The van der Waals surface area contributed by atoms with Crippen molar-refractivity contribution in [3.05, 3.63) is 47.0 Å². The van der Waals surface area contributed by atoms with Crippen molar-refractivity contribution < 1.29 is 0 Å². The van der Waals surface area contributed by atoms with Crippen molar-refractivity contribution in [3.63, 3.8) is 0 Å². The van der Waals surface area contributed by atoms with Crippen molar-refractivity contribution in [1.29, 1.82) is 0 Å². The number of likely N-dealkylation sites (tertiary alicyclic amines) is 1. The first-order valence-corrected chi connectivity index (χ1v) is 7.36. The molecule has 2 nitrogen and oxygen atoms in total. The lowest BCUT2D eigenvalue weighted by atomic mass is 10.0. The van der Waals surface area contributed by atoms with Crippen molar-refractivity contribution in [2.45, 2.75) is 32.4 Å². The Morgan fingerprint density at radius 3 is 2.53 bits per heavy atom. The van der Waals surface area contributed by atoms with Crippen molar-refractivity contribution in [3.8, 4) is 0 Å². The second kappa shape index (κ2) is 7.09. The number of benzene rings is 1. The van der Waals surface area contributed by atoms with Crippen LogP contribution in [0.2, 0.25) is 5.02 Å². The molecule has 0 atom stereocenters. The predicted octanol–water partition coefficient (Wildman–Crippen LogP) is 3.47. The molecule has 0 unspecified atom stereocenters. The minimum absolute atomic E-state index is 0.636. The minimum atomic E-state index is 0.636. The molecular weight excluding hydrogens is 256 g/mol. The van der Waals surface area contributed by atoms with E-state index in [9.17, 15) is 0 Å². The van der Waals surface area contributed by atoms with E-state index in [4.69, 9.17) is 11.6 Å². The average Bonchev–Trinajstić information content (AvgIpc) is 2.39. The summed E-state index contributed by atoms with van der Waals surface area (Å²) in [5.41, 5.74) is 2.56. The summed E-state index contributed by atoms with van der Waals surface area (Å²) in [7, 11) is 0. The molecule has 0 bridgehead atoms. The lowest BCUT2D eigenvalue weighted by Gasteiger charge is -2.32. The molecule has 0 spiro atoms. The molecule has 0 aliphatic carbocycles. The van der Waals surface area contributed by atoms with Crippen LogP contribution in [-0.2, 0) is 6.54 Å². The summed E-state index contributed by atoms with van der Waals surface area (Å²) in [6.07, 6.45) is 2.45. The highest BCUT2D eigenvalue weighted by Gasteiger charge is 2.18. The molecule has 0 amide bonds. The summed E-state index contributed by atoms with van der Waals surface area (Å²) in [5.74, 6) is 0. The number of hydrogen-bond acceptors (Lipinski definition) is 2. The summed E-state index contributed by atoms with van der Waals surface area (Å²) in [5, 5.41) is 4.44. The van der Waals surface area contributed by atoms with Gasteiger partial charge in [-0.15, -0.1) is 0 Å². The number of rotatable bonds is 5. The van der Waals surface area contributed by atoms with Crippen LogP contribution in [-0.4, -0.2) is 30.6 Å². The molecule has 3 heteroatoms. The van der Waals surface area contributed by atoms with Crippen LogP contribution in [0.3, 0.4) is 0 Å². The second-order valence-corrected chi connectivity index (χ2v) is 5.95. The summed E-state index contributed by atoms with van der Waals surface area (Å²) in [6, 6.07) is 8.72. The molecule has 1 aliphatic rings. The van der Waals surface area contributed by atoms with Gasteiger partial charge < -0.3 is 5.32 Å². The monoisotopic (exact) mass is 278 g/mol. The molecule has 1 aliphatic heterocycles. The van der Waals surface area contributed by atoms with Crippen LogP contribution in [0.5, 0.6) is 0 Å². The Labute approximate surface area is 121 Å². The van der Waals surface area contributed by atoms with E-state index >= 15 is 0 Å². The Hall–Kier alpha value is -0.830. The van der Waals surface area contributed by atoms with Gasteiger partial charge in [0, 0.05) is 24.2 Å². The van der Waals surface area contributed by atoms with Crippen LogP contribution in [0.1, 0.15) is 25.3 Å².